The van der Waals surface area contributed by atoms with Gasteiger partial charge in [-0.1, -0.05) is 72.9 Å². The third-order valence-corrected chi connectivity index (χ3v) is 8.50. The summed E-state index contributed by atoms with van der Waals surface area (Å²) in [7, 11) is -3.70. The molecule has 2 amide bonds. The smallest absolute Gasteiger partial charge is 0.243 e. The van der Waals surface area contributed by atoms with E-state index in [0.29, 0.717) is 27.8 Å². The lowest BCUT2D eigenvalue weighted by Gasteiger charge is -2.32. The second-order valence-corrected chi connectivity index (χ2v) is 12.8. The Morgan fingerprint density at radius 1 is 0.976 bits per heavy atom. The summed E-state index contributed by atoms with van der Waals surface area (Å²) in [6, 6.07) is 18.7. The van der Waals surface area contributed by atoms with Gasteiger partial charge in [0.25, 0.3) is 0 Å². The molecule has 42 heavy (non-hydrogen) atoms. The predicted molar refractivity (Wildman–Crippen MR) is 167 cm³/mol. The Morgan fingerprint density at radius 3 is 2.29 bits per heavy atom. The maximum absolute atomic E-state index is 13.9. The molecular weight excluding hydrogens is 600 g/mol. The highest BCUT2D eigenvalue weighted by molar-refractivity contribution is 7.92. The number of sulfonamides is 1. The van der Waals surface area contributed by atoms with Crippen molar-refractivity contribution in [2.75, 3.05) is 23.7 Å². The molecule has 1 N–H and O–H groups in total. The summed E-state index contributed by atoms with van der Waals surface area (Å²) in [4.78, 5) is 28.9. The van der Waals surface area contributed by atoms with Crippen LogP contribution < -0.4 is 9.62 Å². The number of nitrogens with one attached hydrogen (secondary N) is 1. The zero-order chi connectivity index (χ0) is 30.7. The van der Waals surface area contributed by atoms with Crippen molar-refractivity contribution in [1.82, 2.24) is 10.2 Å². The Balaban J connectivity index is 1.89. The highest BCUT2D eigenvalue weighted by atomic mass is 35.5. The standard InChI is InChI=1S/C31H36Cl2FN3O4S/c1-3-4-18-35-31(39)29(20-23-9-6-5-7-10-23)36(22-24-12-13-25(32)21-28(24)33)30(38)11-8-19-37(42(2,40)41)27-16-14-26(34)15-17-27/h5-7,9-10,12-17,21,29H,3-4,8,11,18-20,22H2,1-2H3,(H,35,39)/t29-/m0/s1. The molecule has 0 saturated carbocycles. The zero-order valence-corrected chi connectivity index (χ0v) is 26.1. The van der Waals surface area contributed by atoms with E-state index in [4.69, 9.17) is 23.2 Å². The van der Waals surface area contributed by atoms with Crippen LogP contribution in [0.4, 0.5) is 10.1 Å². The number of benzene rings is 3. The fraction of sp³-hybridized carbons (Fsp3) is 0.355. The van der Waals surface area contributed by atoms with Crippen LogP contribution in [0.3, 0.4) is 0 Å². The van der Waals surface area contributed by atoms with Gasteiger partial charge >= 0.3 is 0 Å². The third kappa shape index (κ3) is 10.00. The predicted octanol–water partition coefficient (Wildman–Crippen LogP) is 6.24. The summed E-state index contributed by atoms with van der Waals surface area (Å²) in [5.74, 6) is -1.10. The number of halogens is 3. The first kappa shape index (κ1) is 33.4. The average molecular weight is 637 g/mol. The van der Waals surface area contributed by atoms with E-state index in [1.807, 2.05) is 37.3 Å². The van der Waals surface area contributed by atoms with Gasteiger partial charge in [-0.2, -0.15) is 0 Å². The first-order valence-corrected chi connectivity index (χ1v) is 16.4. The molecule has 0 aliphatic carbocycles. The third-order valence-electron chi connectivity index (χ3n) is 6.72. The number of amides is 2. The van der Waals surface area contributed by atoms with Crippen LogP contribution in [0, 0.1) is 5.82 Å². The van der Waals surface area contributed by atoms with Gasteiger partial charge in [0.05, 0.1) is 11.9 Å². The molecule has 3 rings (SSSR count). The molecule has 1 atom stereocenters. The van der Waals surface area contributed by atoms with E-state index in [1.165, 1.54) is 29.2 Å². The quantitative estimate of drug-likeness (QED) is 0.200. The molecule has 0 radical (unpaired) electrons. The summed E-state index contributed by atoms with van der Waals surface area (Å²) in [6.07, 6.45) is 3.17. The van der Waals surface area contributed by atoms with Gasteiger partial charge in [-0.15, -0.1) is 0 Å². The van der Waals surface area contributed by atoms with Gasteiger partial charge in [-0.05, 0) is 60.4 Å². The number of anilines is 1. The Hall–Kier alpha value is -3.14. The van der Waals surface area contributed by atoms with Crippen molar-refractivity contribution in [3.8, 4) is 0 Å². The number of unbranched alkanes of at least 4 members (excludes halogenated alkanes) is 1. The van der Waals surface area contributed by atoms with Crippen LogP contribution in [0.1, 0.15) is 43.7 Å². The lowest BCUT2D eigenvalue weighted by atomic mass is 10.0. The van der Waals surface area contributed by atoms with Crippen molar-refractivity contribution in [3.63, 3.8) is 0 Å². The van der Waals surface area contributed by atoms with Gasteiger partial charge < -0.3 is 10.2 Å². The van der Waals surface area contributed by atoms with Crippen LogP contribution in [0.2, 0.25) is 10.0 Å². The summed E-state index contributed by atoms with van der Waals surface area (Å²) < 4.78 is 39.6. The van der Waals surface area contributed by atoms with Gasteiger partial charge in [-0.25, -0.2) is 12.8 Å². The Labute approximate surface area is 257 Å². The summed E-state index contributed by atoms with van der Waals surface area (Å²) in [5.41, 5.74) is 1.80. The molecule has 0 spiro atoms. The van der Waals surface area contributed by atoms with E-state index < -0.39 is 21.9 Å². The van der Waals surface area contributed by atoms with E-state index in [-0.39, 0.29) is 44.2 Å². The molecule has 0 aromatic heterocycles. The van der Waals surface area contributed by atoms with Crippen molar-refractivity contribution in [2.24, 2.45) is 0 Å². The molecule has 7 nitrogen and oxygen atoms in total. The Morgan fingerprint density at radius 2 is 1.67 bits per heavy atom. The zero-order valence-electron chi connectivity index (χ0n) is 23.7. The maximum atomic E-state index is 13.9. The van der Waals surface area contributed by atoms with Gasteiger partial charge in [0.1, 0.15) is 11.9 Å². The number of hydrogen-bond donors (Lipinski definition) is 1. The van der Waals surface area contributed by atoms with Gasteiger partial charge in [0, 0.05) is 42.5 Å². The van der Waals surface area contributed by atoms with Crippen LogP contribution >= 0.6 is 23.2 Å². The number of carbonyl (C=O) groups excluding carboxylic acids is 2. The first-order chi connectivity index (χ1) is 20.0. The summed E-state index contributed by atoms with van der Waals surface area (Å²) in [6.45, 7) is 2.56. The summed E-state index contributed by atoms with van der Waals surface area (Å²) in [5, 5.41) is 3.78. The molecule has 0 saturated heterocycles. The normalized spacial score (nSPS) is 12.0. The molecule has 226 valence electrons. The lowest BCUT2D eigenvalue weighted by Crippen LogP contribution is -2.50. The van der Waals surface area contributed by atoms with Crippen LogP contribution in [-0.2, 0) is 32.6 Å². The molecule has 0 fully saturated rings. The van der Waals surface area contributed by atoms with E-state index in [9.17, 15) is 22.4 Å². The molecule has 3 aromatic carbocycles. The monoisotopic (exact) mass is 635 g/mol. The van der Waals surface area contributed by atoms with Crippen molar-refractivity contribution >= 4 is 50.7 Å². The van der Waals surface area contributed by atoms with Crippen molar-refractivity contribution in [3.05, 3.63) is 99.8 Å². The number of nitrogens with zero attached hydrogens (tertiary/aromatic N) is 2. The van der Waals surface area contributed by atoms with E-state index in [2.05, 4.69) is 5.32 Å². The Bertz CT molecular complexity index is 1440. The minimum absolute atomic E-state index is 0.00219. The molecule has 3 aromatic rings. The highest BCUT2D eigenvalue weighted by Crippen LogP contribution is 2.25. The van der Waals surface area contributed by atoms with E-state index >= 15 is 0 Å². The number of hydrogen-bond acceptors (Lipinski definition) is 4. The van der Waals surface area contributed by atoms with Gasteiger partial charge in [-0.3, -0.25) is 13.9 Å². The topological polar surface area (TPSA) is 86.8 Å². The molecular formula is C31H36Cl2FN3O4S. The van der Waals surface area contributed by atoms with Crippen LogP contribution in [0.5, 0.6) is 0 Å². The molecule has 0 unspecified atom stereocenters. The van der Waals surface area contributed by atoms with Gasteiger partial charge in [0.2, 0.25) is 21.8 Å². The number of rotatable bonds is 15. The van der Waals surface area contributed by atoms with Crippen LogP contribution in [0.15, 0.2) is 72.8 Å². The SMILES string of the molecule is CCCCNC(=O)[C@H](Cc1ccccc1)N(Cc1ccc(Cl)cc1Cl)C(=O)CCCN(c1ccc(F)cc1)S(C)(=O)=O. The maximum Gasteiger partial charge on any atom is 0.243 e. The lowest BCUT2D eigenvalue weighted by molar-refractivity contribution is -0.141. The minimum atomic E-state index is -3.70. The second-order valence-electron chi connectivity index (χ2n) is 10.0. The van der Waals surface area contributed by atoms with Crippen molar-refractivity contribution in [2.45, 2.75) is 51.6 Å². The van der Waals surface area contributed by atoms with Crippen LogP contribution in [-0.4, -0.2) is 50.5 Å². The fourth-order valence-electron chi connectivity index (χ4n) is 4.50. The molecule has 0 aliphatic heterocycles. The molecule has 0 bridgehead atoms. The highest BCUT2D eigenvalue weighted by Gasteiger charge is 2.31. The molecule has 0 heterocycles. The summed E-state index contributed by atoms with van der Waals surface area (Å²) >= 11 is 12.6. The second kappa shape index (κ2) is 15.9. The molecule has 0 aliphatic rings. The minimum Gasteiger partial charge on any atom is -0.354 e. The Kier molecular flexibility index (Phi) is 12.6. The largest absolute Gasteiger partial charge is 0.354 e. The van der Waals surface area contributed by atoms with E-state index in [1.54, 1.807) is 18.2 Å². The fourth-order valence-corrected chi connectivity index (χ4v) is 5.94. The number of carbonyl (C=O) groups is 2. The average Bonchev–Trinajstić information content (AvgIpc) is 2.94. The van der Waals surface area contributed by atoms with Crippen LogP contribution in [0.25, 0.3) is 0 Å². The van der Waals surface area contributed by atoms with Crippen molar-refractivity contribution in [1.29, 1.82) is 0 Å². The van der Waals surface area contributed by atoms with Gasteiger partial charge in [0.15, 0.2) is 0 Å². The molecule has 11 heteroatoms. The van der Waals surface area contributed by atoms with Crippen molar-refractivity contribution < 1.29 is 22.4 Å². The first-order valence-electron chi connectivity index (χ1n) is 13.8. The van der Waals surface area contributed by atoms with E-state index in [0.717, 1.165) is 29.0 Å².